The van der Waals surface area contributed by atoms with Gasteiger partial charge >= 0.3 is 5.69 Å². The molecule has 1 aromatic rings. The molecule has 2 rings (SSSR count). The van der Waals surface area contributed by atoms with Gasteiger partial charge in [0, 0.05) is 18.7 Å². The summed E-state index contributed by atoms with van der Waals surface area (Å²) in [5.41, 5.74) is 4.78. The Morgan fingerprint density at radius 3 is 2.83 bits per heavy atom. The number of nitrogens with zero attached hydrogens (tertiary/aromatic N) is 3. The number of hydrogen-bond acceptors (Lipinski definition) is 7. The molecule has 2 unspecified atom stereocenters. The van der Waals surface area contributed by atoms with Gasteiger partial charge in [0.05, 0.1) is 6.04 Å². The summed E-state index contributed by atoms with van der Waals surface area (Å²) < 4.78 is 1.22. The van der Waals surface area contributed by atoms with E-state index in [-0.39, 0.29) is 12.4 Å². The Morgan fingerprint density at radius 1 is 1.61 bits per heavy atom. The van der Waals surface area contributed by atoms with Crippen LogP contribution in [-0.2, 0) is 0 Å². The van der Waals surface area contributed by atoms with E-state index < -0.39 is 29.8 Å². The Morgan fingerprint density at radius 2 is 2.33 bits per heavy atom. The zero-order valence-electron chi connectivity index (χ0n) is 9.51. The van der Waals surface area contributed by atoms with Gasteiger partial charge in [0.1, 0.15) is 18.0 Å². The summed E-state index contributed by atoms with van der Waals surface area (Å²) in [5, 5.41) is 21.9. The third kappa shape index (κ3) is 2.00. The summed E-state index contributed by atoms with van der Waals surface area (Å²) in [5.74, 6) is -0.362. The highest BCUT2D eigenvalue weighted by molar-refractivity contribution is 5.23. The first-order chi connectivity index (χ1) is 8.58. The molecule has 0 amide bonds. The van der Waals surface area contributed by atoms with Gasteiger partial charge in [0.25, 0.3) is 0 Å². The van der Waals surface area contributed by atoms with E-state index in [1.54, 1.807) is 0 Å². The number of anilines is 1. The van der Waals surface area contributed by atoms with Crippen molar-refractivity contribution in [1.82, 2.24) is 9.55 Å². The molecular formula is C10H14N4O4. The minimum Gasteiger partial charge on any atom is -0.396 e. The Hall–Kier alpha value is -1.80. The first-order valence-electron chi connectivity index (χ1n) is 5.54. The molecular weight excluding hydrogens is 240 g/mol. The van der Waals surface area contributed by atoms with Crippen LogP contribution in [0.4, 0.5) is 5.82 Å². The molecule has 1 fully saturated rings. The summed E-state index contributed by atoms with van der Waals surface area (Å²) in [4.78, 5) is 25.9. The van der Waals surface area contributed by atoms with Gasteiger partial charge < -0.3 is 15.9 Å². The number of nitrogen functional groups attached to an aromatic ring is 1. The van der Waals surface area contributed by atoms with Crippen molar-refractivity contribution in [3.8, 4) is 0 Å². The number of rotatable bonds is 3. The third-order valence-corrected chi connectivity index (χ3v) is 3.34. The number of aliphatic hydroxyl groups excluding tert-OH is 2. The predicted molar refractivity (Wildman–Crippen MR) is 62.7 cm³/mol. The van der Waals surface area contributed by atoms with Crippen molar-refractivity contribution >= 4 is 5.82 Å². The van der Waals surface area contributed by atoms with Gasteiger partial charge in [-0.05, 0) is 12.5 Å². The fraction of sp³-hybridized carbons (Fsp3) is 0.600. The third-order valence-electron chi connectivity index (χ3n) is 3.34. The summed E-state index contributed by atoms with van der Waals surface area (Å²) in [6.45, 7) is -0.263. The van der Waals surface area contributed by atoms with Gasteiger partial charge in [-0.15, -0.1) is 0 Å². The molecule has 8 heteroatoms. The Kier molecular flexibility index (Phi) is 3.39. The Balaban J connectivity index is 2.34. The first-order valence-corrected chi connectivity index (χ1v) is 5.54. The maximum Gasteiger partial charge on any atom is 0.349 e. The monoisotopic (exact) mass is 254 g/mol. The van der Waals surface area contributed by atoms with Crippen LogP contribution in [0.2, 0.25) is 0 Å². The van der Waals surface area contributed by atoms with Crippen LogP contribution >= 0.6 is 0 Å². The molecule has 0 radical (unpaired) electrons. The second kappa shape index (κ2) is 4.83. The molecule has 0 aromatic carbocycles. The molecule has 0 saturated heterocycles. The fourth-order valence-corrected chi connectivity index (χ4v) is 2.38. The minimum absolute atomic E-state index is 0.0903. The zero-order valence-corrected chi connectivity index (χ0v) is 9.51. The predicted octanol–water partition coefficient (Wildman–Crippen LogP) is -1.13. The van der Waals surface area contributed by atoms with Crippen LogP contribution in [-0.4, -0.2) is 38.5 Å². The maximum atomic E-state index is 11.7. The molecule has 4 N–H and O–H groups in total. The highest BCUT2D eigenvalue weighted by atomic mass is 16.3. The van der Waals surface area contributed by atoms with E-state index in [2.05, 4.69) is 10.2 Å². The van der Waals surface area contributed by atoms with Crippen molar-refractivity contribution < 1.29 is 10.2 Å². The van der Waals surface area contributed by atoms with E-state index in [1.165, 1.54) is 16.8 Å². The van der Waals surface area contributed by atoms with E-state index >= 15 is 0 Å². The average molecular weight is 254 g/mol. The Bertz CT molecular complexity index is 503. The van der Waals surface area contributed by atoms with Gasteiger partial charge in [-0.1, -0.05) is 5.18 Å². The molecule has 1 saturated carbocycles. The van der Waals surface area contributed by atoms with E-state index in [0.717, 1.165) is 0 Å². The van der Waals surface area contributed by atoms with Crippen LogP contribution < -0.4 is 11.4 Å². The molecule has 8 nitrogen and oxygen atoms in total. The lowest BCUT2D eigenvalue weighted by atomic mass is 10.1. The maximum absolute atomic E-state index is 11.7. The number of hydrogen-bond donors (Lipinski definition) is 3. The van der Waals surface area contributed by atoms with Crippen molar-refractivity contribution in [2.45, 2.75) is 24.6 Å². The van der Waals surface area contributed by atoms with Crippen LogP contribution in [0.5, 0.6) is 0 Å². The smallest absolute Gasteiger partial charge is 0.349 e. The van der Waals surface area contributed by atoms with E-state index in [9.17, 15) is 14.8 Å². The van der Waals surface area contributed by atoms with Crippen molar-refractivity contribution in [3.63, 3.8) is 0 Å². The van der Waals surface area contributed by atoms with Crippen LogP contribution in [0.25, 0.3) is 0 Å². The van der Waals surface area contributed by atoms with Gasteiger partial charge in [0.2, 0.25) is 0 Å². The average Bonchev–Trinajstić information content (AvgIpc) is 2.66. The lowest BCUT2D eigenvalue weighted by molar-refractivity contribution is 0.111. The first kappa shape index (κ1) is 12.7. The highest BCUT2D eigenvalue weighted by Crippen LogP contribution is 2.36. The molecule has 4 atom stereocenters. The quantitative estimate of drug-likeness (QED) is 0.585. The van der Waals surface area contributed by atoms with Gasteiger partial charge in [0.15, 0.2) is 0 Å². The van der Waals surface area contributed by atoms with Crippen molar-refractivity contribution in [3.05, 3.63) is 27.7 Å². The molecule has 1 aliphatic carbocycles. The van der Waals surface area contributed by atoms with Gasteiger partial charge in [-0.3, -0.25) is 4.57 Å². The SMILES string of the molecule is Nc1ccn(C2CC(CO)[C@@H](N=O)[C@H]2O)c(=O)n1. The van der Waals surface area contributed by atoms with Crippen LogP contribution in [0.3, 0.4) is 0 Å². The van der Waals surface area contributed by atoms with Gasteiger partial charge in [-0.2, -0.15) is 9.89 Å². The highest BCUT2D eigenvalue weighted by Gasteiger charge is 2.44. The summed E-state index contributed by atoms with van der Waals surface area (Å²) in [6, 6.07) is -0.0982. The summed E-state index contributed by atoms with van der Waals surface area (Å²) in [6.07, 6.45) is 0.600. The molecule has 1 heterocycles. The van der Waals surface area contributed by atoms with E-state index in [1.807, 2.05) is 0 Å². The van der Waals surface area contributed by atoms with E-state index in [0.29, 0.717) is 6.42 Å². The zero-order chi connectivity index (χ0) is 13.3. The molecule has 1 aromatic heterocycles. The topological polar surface area (TPSA) is 131 Å². The standard InChI is InChI=1S/C10H14N4O4/c11-7-1-2-14(10(17)12-7)6-3-5(4-15)8(13-18)9(6)16/h1-2,5-6,8-9,15-16H,3-4H2,(H2,11,12,17)/t5?,6?,8-,9+/m1/s1. The fourth-order valence-electron chi connectivity index (χ4n) is 2.38. The largest absolute Gasteiger partial charge is 0.396 e. The normalized spacial score (nSPS) is 31.4. The summed E-state index contributed by atoms with van der Waals surface area (Å²) in [7, 11) is 0. The van der Waals surface area contributed by atoms with Crippen molar-refractivity contribution in [2.75, 3.05) is 12.3 Å². The lowest BCUT2D eigenvalue weighted by Crippen LogP contribution is -2.34. The summed E-state index contributed by atoms with van der Waals surface area (Å²) >= 11 is 0. The number of nitrogens with two attached hydrogens (primary N) is 1. The van der Waals surface area contributed by atoms with Crippen LogP contribution in [0.1, 0.15) is 12.5 Å². The minimum atomic E-state index is -1.11. The second-order valence-corrected chi connectivity index (χ2v) is 4.37. The van der Waals surface area contributed by atoms with Crippen molar-refractivity contribution in [1.29, 1.82) is 0 Å². The van der Waals surface area contributed by atoms with Gasteiger partial charge in [-0.25, -0.2) is 4.79 Å². The number of aromatic nitrogens is 2. The second-order valence-electron chi connectivity index (χ2n) is 4.37. The molecule has 0 aliphatic heterocycles. The van der Waals surface area contributed by atoms with E-state index in [4.69, 9.17) is 10.8 Å². The Labute approximate surface area is 102 Å². The van der Waals surface area contributed by atoms with Crippen molar-refractivity contribution in [2.24, 2.45) is 11.1 Å². The molecule has 98 valence electrons. The molecule has 18 heavy (non-hydrogen) atoms. The molecule has 1 aliphatic rings. The number of aliphatic hydroxyl groups is 2. The lowest BCUT2D eigenvalue weighted by Gasteiger charge is -2.17. The number of nitroso groups, excluding NO2 is 1. The van der Waals surface area contributed by atoms with Crippen LogP contribution in [0.15, 0.2) is 22.2 Å². The molecule has 0 spiro atoms. The molecule has 0 bridgehead atoms. The van der Waals surface area contributed by atoms with Crippen LogP contribution in [0, 0.1) is 10.8 Å².